The Labute approximate surface area is 140 Å². The molecule has 3 nitrogen and oxygen atoms in total. The first-order valence-corrected chi connectivity index (χ1v) is 7.85. The van der Waals surface area contributed by atoms with Gasteiger partial charge in [-0.1, -0.05) is 42.5 Å². The summed E-state index contributed by atoms with van der Waals surface area (Å²) in [5.41, 5.74) is 2.37. The Morgan fingerprint density at radius 2 is 1.71 bits per heavy atom. The third-order valence-electron chi connectivity index (χ3n) is 4.30. The Morgan fingerprint density at radius 1 is 0.875 bits per heavy atom. The number of pyridine rings is 1. The lowest BCUT2D eigenvalue weighted by Gasteiger charge is -2.19. The smallest absolute Gasteiger partial charge is 0.258 e. The number of fused-ring (bicyclic) bond motifs is 2. The molecular formula is C21H16N2O. The van der Waals surface area contributed by atoms with Crippen molar-refractivity contribution in [2.24, 2.45) is 0 Å². The van der Waals surface area contributed by atoms with Gasteiger partial charge in [0.2, 0.25) is 0 Å². The molecule has 0 N–H and O–H groups in total. The second-order valence-electron chi connectivity index (χ2n) is 5.77. The van der Waals surface area contributed by atoms with Crippen LogP contribution in [0.3, 0.4) is 0 Å². The van der Waals surface area contributed by atoms with Gasteiger partial charge >= 0.3 is 0 Å². The number of carbonyl (C=O) groups is 1. The van der Waals surface area contributed by atoms with Gasteiger partial charge in [0.1, 0.15) is 0 Å². The highest BCUT2D eigenvalue weighted by Crippen LogP contribution is 2.24. The van der Waals surface area contributed by atoms with Crippen LogP contribution in [-0.4, -0.2) is 17.9 Å². The minimum absolute atomic E-state index is 0.0381. The molecule has 1 amide bonds. The zero-order valence-corrected chi connectivity index (χ0v) is 13.3. The third kappa shape index (κ3) is 2.40. The maximum atomic E-state index is 13.0. The Bertz CT molecular complexity index is 1050. The zero-order valence-electron chi connectivity index (χ0n) is 13.3. The van der Waals surface area contributed by atoms with Crippen LogP contribution in [0.1, 0.15) is 10.4 Å². The van der Waals surface area contributed by atoms with Gasteiger partial charge in [0.05, 0.1) is 5.52 Å². The summed E-state index contributed by atoms with van der Waals surface area (Å²) in [6.45, 7) is 0. The molecule has 3 aromatic carbocycles. The number of rotatable bonds is 2. The molecule has 0 atom stereocenters. The molecule has 0 unspecified atom stereocenters. The van der Waals surface area contributed by atoms with E-state index in [0.717, 1.165) is 27.4 Å². The van der Waals surface area contributed by atoms with Crippen molar-refractivity contribution in [3.63, 3.8) is 0 Å². The molecule has 0 aliphatic carbocycles. The minimum atomic E-state index is -0.0381. The Kier molecular flexibility index (Phi) is 3.47. The Hall–Kier alpha value is -3.20. The van der Waals surface area contributed by atoms with E-state index in [9.17, 15) is 4.79 Å². The molecule has 0 saturated carbocycles. The van der Waals surface area contributed by atoms with Crippen molar-refractivity contribution in [2.75, 3.05) is 11.9 Å². The highest BCUT2D eigenvalue weighted by Gasteiger charge is 2.16. The van der Waals surface area contributed by atoms with Crippen molar-refractivity contribution in [2.45, 2.75) is 0 Å². The van der Waals surface area contributed by atoms with Gasteiger partial charge in [-0.2, -0.15) is 0 Å². The van der Waals surface area contributed by atoms with Crippen molar-refractivity contribution in [1.82, 2.24) is 4.98 Å². The molecule has 0 aliphatic heterocycles. The predicted octanol–water partition coefficient (Wildman–Crippen LogP) is 4.66. The average molecular weight is 312 g/mol. The lowest BCUT2D eigenvalue weighted by Crippen LogP contribution is -2.26. The molecule has 0 aliphatic rings. The first-order valence-electron chi connectivity index (χ1n) is 7.85. The zero-order chi connectivity index (χ0) is 16.5. The second kappa shape index (κ2) is 5.78. The minimum Gasteiger partial charge on any atom is -0.311 e. The lowest BCUT2D eigenvalue weighted by molar-refractivity contribution is 0.0994. The van der Waals surface area contributed by atoms with Crippen LogP contribution in [0, 0.1) is 0 Å². The maximum Gasteiger partial charge on any atom is 0.258 e. The van der Waals surface area contributed by atoms with Crippen molar-refractivity contribution in [3.05, 3.63) is 84.6 Å². The summed E-state index contributed by atoms with van der Waals surface area (Å²) in [5.74, 6) is -0.0381. The van der Waals surface area contributed by atoms with Gasteiger partial charge in [-0.25, -0.2) is 0 Å². The molecule has 1 heterocycles. The standard InChI is InChI=1S/C21H16N2O/c1-23(17-12-11-15-6-2-3-7-16(15)14-17)21(24)19-8-4-10-20-18(19)9-5-13-22-20/h2-14H,1H3. The topological polar surface area (TPSA) is 33.2 Å². The molecule has 0 saturated heterocycles. The van der Waals surface area contributed by atoms with E-state index >= 15 is 0 Å². The van der Waals surface area contributed by atoms with E-state index < -0.39 is 0 Å². The molecule has 0 radical (unpaired) electrons. The van der Waals surface area contributed by atoms with Crippen LogP contribution in [0.4, 0.5) is 5.69 Å². The van der Waals surface area contributed by atoms with Crippen LogP contribution in [-0.2, 0) is 0 Å². The van der Waals surface area contributed by atoms with E-state index in [1.54, 1.807) is 11.1 Å². The number of benzene rings is 3. The molecule has 3 heteroatoms. The highest BCUT2D eigenvalue weighted by atomic mass is 16.2. The fourth-order valence-corrected chi connectivity index (χ4v) is 2.97. The van der Waals surface area contributed by atoms with E-state index in [1.165, 1.54) is 0 Å². The molecule has 0 fully saturated rings. The molecule has 4 rings (SSSR count). The van der Waals surface area contributed by atoms with Gasteiger partial charge in [-0.15, -0.1) is 0 Å². The van der Waals surface area contributed by atoms with E-state index in [-0.39, 0.29) is 5.91 Å². The summed E-state index contributed by atoms with van der Waals surface area (Å²) < 4.78 is 0. The molecule has 0 spiro atoms. The fraction of sp³-hybridized carbons (Fsp3) is 0.0476. The van der Waals surface area contributed by atoms with Gasteiger partial charge in [-0.05, 0) is 41.1 Å². The van der Waals surface area contributed by atoms with Crippen LogP contribution in [0.5, 0.6) is 0 Å². The summed E-state index contributed by atoms with van der Waals surface area (Å²) >= 11 is 0. The average Bonchev–Trinajstić information content (AvgIpc) is 2.66. The van der Waals surface area contributed by atoms with E-state index in [0.29, 0.717) is 5.56 Å². The summed E-state index contributed by atoms with van der Waals surface area (Å²) in [6, 6.07) is 23.6. The monoisotopic (exact) mass is 312 g/mol. The number of amides is 1. The number of hydrogen-bond donors (Lipinski definition) is 0. The number of anilines is 1. The normalized spacial score (nSPS) is 10.9. The molecule has 116 valence electrons. The van der Waals surface area contributed by atoms with E-state index in [4.69, 9.17) is 0 Å². The maximum absolute atomic E-state index is 13.0. The first kappa shape index (κ1) is 14.4. The van der Waals surface area contributed by atoms with Gasteiger partial charge in [0, 0.05) is 29.9 Å². The van der Waals surface area contributed by atoms with Gasteiger partial charge in [0.25, 0.3) is 5.91 Å². The van der Waals surface area contributed by atoms with E-state index in [1.807, 2.05) is 67.7 Å². The summed E-state index contributed by atoms with van der Waals surface area (Å²) in [5, 5.41) is 3.16. The molecule has 0 bridgehead atoms. The van der Waals surface area contributed by atoms with E-state index in [2.05, 4.69) is 17.1 Å². The summed E-state index contributed by atoms with van der Waals surface area (Å²) in [7, 11) is 1.81. The van der Waals surface area contributed by atoms with Gasteiger partial charge in [0.15, 0.2) is 0 Å². The second-order valence-corrected chi connectivity index (χ2v) is 5.77. The predicted molar refractivity (Wildman–Crippen MR) is 98.4 cm³/mol. The molecule has 1 aromatic heterocycles. The fourth-order valence-electron chi connectivity index (χ4n) is 2.97. The van der Waals surface area contributed by atoms with Crippen LogP contribution in [0.25, 0.3) is 21.7 Å². The molecular weight excluding hydrogens is 296 g/mol. The van der Waals surface area contributed by atoms with Gasteiger partial charge in [-0.3, -0.25) is 9.78 Å². The largest absolute Gasteiger partial charge is 0.311 e. The van der Waals surface area contributed by atoms with Crippen LogP contribution >= 0.6 is 0 Å². The van der Waals surface area contributed by atoms with Crippen molar-refractivity contribution in [1.29, 1.82) is 0 Å². The van der Waals surface area contributed by atoms with Crippen molar-refractivity contribution < 1.29 is 4.79 Å². The van der Waals surface area contributed by atoms with Crippen molar-refractivity contribution >= 4 is 33.3 Å². The summed E-state index contributed by atoms with van der Waals surface area (Å²) in [6.07, 6.45) is 1.74. The number of nitrogens with zero attached hydrogens (tertiary/aromatic N) is 2. The summed E-state index contributed by atoms with van der Waals surface area (Å²) in [4.78, 5) is 19.0. The molecule has 4 aromatic rings. The Morgan fingerprint density at radius 3 is 2.58 bits per heavy atom. The first-order chi connectivity index (χ1) is 11.7. The van der Waals surface area contributed by atoms with Crippen molar-refractivity contribution in [3.8, 4) is 0 Å². The van der Waals surface area contributed by atoms with Crippen LogP contribution < -0.4 is 4.90 Å². The third-order valence-corrected chi connectivity index (χ3v) is 4.30. The number of aromatic nitrogens is 1. The van der Waals surface area contributed by atoms with Crippen LogP contribution in [0.2, 0.25) is 0 Å². The van der Waals surface area contributed by atoms with Gasteiger partial charge < -0.3 is 4.90 Å². The molecule has 24 heavy (non-hydrogen) atoms. The number of carbonyl (C=O) groups excluding carboxylic acids is 1. The Balaban J connectivity index is 1.77. The van der Waals surface area contributed by atoms with Crippen LogP contribution in [0.15, 0.2) is 79.0 Å². The highest BCUT2D eigenvalue weighted by molar-refractivity contribution is 6.13. The SMILES string of the molecule is CN(C(=O)c1cccc2ncccc12)c1ccc2ccccc2c1. The lowest BCUT2D eigenvalue weighted by atomic mass is 10.1. The quantitative estimate of drug-likeness (QED) is 0.539. The number of hydrogen-bond acceptors (Lipinski definition) is 2.